The van der Waals surface area contributed by atoms with Crippen molar-refractivity contribution in [2.24, 2.45) is 16.5 Å². The van der Waals surface area contributed by atoms with E-state index < -0.39 is 0 Å². The van der Waals surface area contributed by atoms with Crippen LogP contribution in [0.4, 0.5) is 4.39 Å². The molecule has 0 radical (unpaired) electrons. The minimum Gasteiger partial charge on any atom is -0.370 e. The van der Waals surface area contributed by atoms with E-state index in [0.717, 1.165) is 5.56 Å². The largest absolute Gasteiger partial charge is 0.370 e. The lowest BCUT2D eigenvalue weighted by Crippen LogP contribution is -2.22. The fourth-order valence-corrected chi connectivity index (χ4v) is 1.37. The normalized spacial score (nSPS) is 10.5. The zero-order chi connectivity index (χ0) is 12.1. The van der Waals surface area contributed by atoms with Gasteiger partial charge in [0.2, 0.25) is 0 Å². The monoisotopic (exact) mass is 224 g/mol. The Hall–Kier alpha value is -1.62. The Balaban J connectivity index is 2.85. The van der Waals surface area contributed by atoms with Crippen molar-refractivity contribution in [3.05, 3.63) is 35.1 Å². The van der Waals surface area contributed by atoms with Crippen molar-refractivity contribution in [3.8, 4) is 0 Å². The number of aliphatic imine (C=N–C) groups is 1. The predicted molar refractivity (Wildman–Crippen MR) is 63.3 cm³/mol. The lowest BCUT2D eigenvalue weighted by Gasteiger charge is -2.11. The Bertz CT molecular complexity index is 384. The Kier molecular flexibility index (Phi) is 4.25. The van der Waals surface area contributed by atoms with E-state index in [9.17, 15) is 4.39 Å². The molecule has 0 aliphatic rings. The molecule has 0 spiro atoms. The fourth-order valence-electron chi connectivity index (χ4n) is 1.37. The highest BCUT2D eigenvalue weighted by molar-refractivity contribution is 5.75. The van der Waals surface area contributed by atoms with E-state index >= 15 is 0 Å². The first-order valence-electron chi connectivity index (χ1n) is 4.96. The van der Waals surface area contributed by atoms with Gasteiger partial charge in [-0.15, -0.1) is 0 Å². The maximum atomic E-state index is 13.4. The third-order valence-electron chi connectivity index (χ3n) is 2.04. The molecule has 0 unspecified atom stereocenters. The van der Waals surface area contributed by atoms with E-state index in [2.05, 4.69) is 4.99 Å². The lowest BCUT2D eigenvalue weighted by atomic mass is 10.1. The Morgan fingerprint density at radius 2 is 2.06 bits per heavy atom. The molecule has 0 saturated carbocycles. The minimum absolute atomic E-state index is 0.0403. The van der Waals surface area contributed by atoms with Crippen LogP contribution in [0.5, 0.6) is 0 Å². The molecule has 0 aliphatic carbocycles. The van der Waals surface area contributed by atoms with Crippen LogP contribution in [0, 0.1) is 5.82 Å². The van der Waals surface area contributed by atoms with E-state index in [-0.39, 0.29) is 11.8 Å². The number of halogens is 1. The summed E-state index contributed by atoms with van der Waals surface area (Å²) in [5.74, 6) is -0.166. The summed E-state index contributed by atoms with van der Waals surface area (Å²) in [6, 6.07) is 4.90. The minimum atomic E-state index is -0.206. The average Bonchev–Trinajstić information content (AvgIpc) is 2.18. The first-order chi connectivity index (χ1) is 7.49. The smallest absolute Gasteiger partial charge is 0.186 e. The van der Waals surface area contributed by atoms with Crippen molar-refractivity contribution >= 4 is 5.96 Å². The highest BCUT2D eigenvalue weighted by atomic mass is 19.1. The second-order valence-corrected chi connectivity index (χ2v) is 3.90. The van der Waals surface area contributed by atoms with Crippen LogP contribution in [0.25, 0.3) is 0 Å². The highest BCUT2D eigenvalue weighted by Gasteiger charge is 2.04. The number of rotatable bonds is 4. The number of benzene rings is 1. The molecule has 0 aromatic heterocycles. The maximum absolute atomic E-state index is 13.4. The van der Waals surface area contributed by atoms with Crippen LogP contribution in [-0.4, -0.2) is 25.0 Å². The fraction of sp³-hybridized carbons (Fsp3) is 0.364. The zero-order valence-corrected chi connectivity index (χ0v) is 9.57. The summed E-state index contributed by atoms with van der Waals surface area (Å²) < 4.78 is 13.4. The Morgan fingerprint density at radius 1 is 1.38 bits per heavy atom. The molecule has 4 N–H and O–H groups in total. The van der Waals surface area contributed by atoms with Crippen molar-refractivity contribution in [2.45, 2.75) is 13.1 Å². The van der Waals surface area contributed by atoms with Gasteiger partial charge in [-0.25, -0.2) is 9.38 Å². The Labute approximate surface area is 94.8 Å². The number of guanidine groups is 1. The summed E-state index contributed by atoms with van der Waals surface area (Å²) >= 11 is 0. The molecule has 16 heavy (non-hydrogen) atoms. The van der Waals surface area contributed by atoms with Gasteiger partial charge in [-0.3, -0.25) is 0 Å². The lowest BCUT2D eigenvalue weighted by molar-refractivity contribution is 0.392. The first-order valence-corrected chi connectivity index (χ1v) is 4.96. The van der Waals surface area contributed by atoms with Crippen LogP contribution in [0.15, 0.2) is 23.2 Å². The van der Waals surface area contributed by atoms with Crippen LogP contribution in [-0.2, 0) is 13.1 Å². The van der Waals surface area contributed by atoms with Crippen LogP contribution in [0.3, 0.4) is 0 Å². The third-order valence-corrected chi connectivity index (χ3v) is 2.04. The van der Waals surface area contributed by atoms with E-state index in [0.29, 0.717) is 18.7 Å². The summed E-state index contributed by atoms with van der Waals surface area (Å²) in [5, 5.41) is 0. The summed E-state index contributed by atoms with van der Waals surface area (Å²) in [5.41, 5.74) is 12.0. The predicted octanol–water partition coefficient (Wildman–Crippen LogP) is 0.661. The van der Waals surface area contributed by atoms with Gasteiger partial charge in [0.15, 0.2) is 5.96 Å². The summed E-state index contributed by atoms with van der Waals surface area (Å²) in [7, 11) is 3.78. The molecule has 0 bridgehead atoms. The van der Waals surface area contributed by atoms with Crippen molar-refractivity contribution in [2.75, 3.05) is 14.1 Å². The van der Waals surface area contributed by atoms with Crippen LogP contribution in [0.1, 0.15) is 11.1 Å². The molecule has 0 saturated heterocycles. The van der Waals surface area contributed by atoms with Gasteiger partial charge in [0.05, 0.1) is 6.54 Å². The number of hydrogen-bond donors (Lipinski definition) is 2. The number of hydrogen-bond acceptors (Lipinski definition) is 2. The van der Waals surface area contributed by atoms with Crippen molar-refractivity contribution < 1.29 is 4.39 Å². The van der Waals surface area contributed by atoms with Crippen LogP contribution < -0.4 is 11.5 Å². The molecule has 0 aliphatic heterocycles. The molecule has 88 valence electrons. The number of nitrogens with zero attached hydrogens (tertiary/aromatic N) is 2. The topological polar surface area (TPSA) is 67.6 Å². The van der Waals surface area contributed by atoms with Crippen molar-refractivity contribution in [3.63, 3.8) is 0 Å². The van der Waals surface area contributed by atoms with Gasteiger partial charge < -0.3 is 16.4 Å². The maximum Gasteiger partial charge on any atom is 0.186 e. The van der Waals surface area contributed by atoms with Gasteiger partial charge in [-0.05, 0) is 31.8 Å². The number of nitrogens with two attached hydrogens (primary N) is 2. The quantitative estimate of drug-likeness (QED) is 0.583. The molecule has 0 amide bonds. The average molecular weight is 224 g/mol. The SMILES string of the molecule is CN(C)Cc1cc(CN=C(N)N)ccc1F. The van der Waals surface area contributed by atoms with E-state index in [1.54, 1.807) is 12.1 Å². The molecule has 5 heteroatoms. The molecule has 0 atom stereocenters. The van der Waals surface area contributed by atoms with E-state index in [1.807, 2.05) is 19.0 Å². The Morgan fingerprint density at radius 3 is 2.62 bits per heavy atom. The van der Waals surface area contributed by atoms with Crippen LogP contribution in [0.2, 0.25) is 0 Å². The molecular weight excluding hydrogens is 207 g/mol. The first kappa shape index (κ1) is 12.4. The molecule has 1 rings (SSSR count). The van der Waals surface area contributed by atoms with Gasteiger partial charge in [0.1, 0.15) is 5.82 Å². The molecule has 0 heterocycles. The van der Waals surface area contributed by atoms with Gasteiger partial charge in [-0.1, -0.05) is 6.07 Å². The highest BCUT2D eigenvalue weighted by Crippen LogP contribution is 2.12. The van der Waals surface area contributed by atoms with E-state index in [4.69, 9.17) is 11.5 Å². The molecule has 1 aromatic carbocycles. The second kappa shape index (κ2) is 5.46. The molecule has 1 aromatic rings. The summed E-state index contributed by atoms with van der Waals surface area (Å²) in [4.78, 5) is 5.79. The standard InChI is InChI=1S/C11H17FN4/c1-16(2)7-9-5-8(3-4-10(9)12)6-15-11(13)14/h3-5H,6-7H2,1-2H3,(H4,13,14,15). The third kappa shape index (κ3) is 3.86. The van der Waals surface area contributed by atoms with Crippen LogP contribution >= 0.6 is 0 Å². The molecule has 0 fully saturated rings. The van der Waals surface area contributed by atoms with E-state index in [1.165, 1.54) is 6.07 Å². The zero-order valence-electron chi connectivity index (χ0n) is 9.57. The molecular formula is C11H17FN4. The summed E-state index contributed by atoms with van der Waals surface area (Å²) in [6.45, 7) is 0.935. The van der Waals surface area contributed by atoms with Gasteiger partial charge in [0, 0.05) is 12.1 Å². The van der Waals surface area contributed by atoms with Crippen molar-refractivity contribution in [1.82, 2.24) is 4.90 Å². The second-order valence-electron chi connectivity index (χ2n) is 3.90. The molecule has 4 nitrogen and oxygen atoms in total. The van der Waals surface area contributed by atoms with Crippen molar-refractivity contribution in [1.29, 1.82) is 0 Å². The van der Waals surface area contributed by atoms with Gasteiger partial charge in [-0.2, -0.15) is 0 Å². The van der Waals surface area contributed by atoms with Gasteiger partial charge in [0.25, 0.3) is 0 Å². The summed E-state index contributed by atoms with van der Waals surface area (Å²) in [6.07, 6.45) is 0. The van der Waals surface area contributed by atoms with Gasteiger partial charge >= 0.3 is 0 Å².